The van der Waals surface area contributed by atoms with E-state index < -0.39 is 10.9 Å². The van der Waals surface area contributed by atoms with Crippen LogP contribution in [0.4, 0.5) is 5.69 Å². The lowest BCUT2D eigenvalue weighted by molar-refractivity contribution is -0.385. The first-order valence-electron chi connectivity index (χ1n) is 5.83. The van der Waals surface area contributed by atoms with Crippen LogP contribution in [0.3, 0.4) is 0 Å². The lowest BCUT2D eigenvalue weighted by Gasteiger charge is -1.98. The van der Waals surface area contributed by atoms with Gasteiger partial charge in [-0.05, 0) is 31.4 Å². The second-order valence-electron chi connectivity index (χ2n) is 4.00. The summed E-state index contributed by atoms with van der Waals surface area (Å²) in [6, 6.07) is 4.89. The number of carbonyl (C=O) groups is 1. The number of benzene rings is 1. The Morgan fingerprint density at radius 3 is 2.79 bits per heavy atom. The molecule has 1 N–H and O–H groups in total. The molecule has 0 saturated carbocycles. The summed E-state index contributed by atoms with van der Waals surface area (Å²) in [5, 5.41) is 19.3. The van der Waals surface area contributed by atoms with Crippen molar-refractivity contribution in [1.29, 1.82) is 0 Å². The molecule has 0 aliphatic rings. The molecule has 1 aromatic rings. The molecular weight excluding hydrogens is 314 g/mol. The highest BCUT2D eigenvalue weighted by Crippen LogP contribution is 2.24. The van der Waals surface area contributed by atoms with Crippen molar-refractivity contribution in [3.8, 4) is 0 Å². The fraction of sp³-hybridized carbons (Fsp3) is 0.308. The Morgan fingerprint density at radius 2 is 2.16 bits per heavy atom. The molecular formula is C13H14BrNO4. The minimum Gasteiger partial charge on any atom is -0.481 e. The number of halogens is 1. The summed E-state index contributed by atoms with van der Waals surface area (Å²) in [5.41, 5.74) is 0.600. The van der Waals surface area contributed by atoms with Crippen LogP contribution in [0.1, 0.15) is 31.2 Å². The number of nitro benzene ring substituents is 1. The molecule has 1 rings (SSSR count). The van der Waals surface area contributed by atoms with Crippen LogP contribution >= 0.6 is 15.9 Å². The number of aliphatic carboxylic acids is 1. The van der Waals surface area contributed by atoms with Gasteiger partial charge in [-0.25, -0.2) is 0 Å². The molecule has 102 valence electrons. The lowest BCUT2D eigenvalue weighted by Crippen LogP contribution is -1.93. The van der Waals surface area contributed by atoms with Crippen molar-refractivity contribution in [2.75, 3.05) is 0 Å². The van der Waals surface area contributed by atoms with Crippen molar-refractivity contribution in [3.63, 3.8) is 0 Å². The van der Waals surface area contributed by atoms with Gasteiger partial charge in [-0.1, -0.05) is 28.1 Å². The van der Waals surface area contributed by atoms with Crippen LogP contribution in [0, 0.1) is 10.1 Å². The smallest absolute Gasteiger partial charge is 0.303 e. The summed E-state index contributed by atoms with van der Waals surface area (Å²) >= 11 is 3.20. The Bertz CT molecular complexity index is 499. The predicted molar refractivity (Wildman–Crippen MR) is 75.9 cm³/mol. The summed E-state index contributed by atoms with van der Waals surface area (Å²) in [4.78, 5) is 20.8. The molecule has 0 aromatic heterocycles. The summed E-state index contributed by atoms with van der Waals surface area (Å²) in [6.45, 7) is 0. The van der Waals surface area contributed by atoms with Crippen LogP contribution in [0.5, 0.6) is 0 Å². The van der Waals surface area contributed by atoms with Gasteiger partial charge in [0, 0.05) is 17.0 Å². The van der Waals surface area contributed by atoms with Gasteiger partial charge in [0.05, 0.1) is 10.5 Å². The zero-order valence-corrected chi connectivity index (χ0v) is 11.8. The second-order valence-corrected chi connectivity index (χ2v) is 4.92. The molecule has 0 aliphatic carbocycles. The van der Waals surface area contributed by atoms with E-state index in [1.165, 1.54) is 6.07 Å². The average Bonchev–Trinajstić information content (AvgIpc) is 2.34. The zero-order valence-electron chi connectivity index (χ0n) is 10.2. The third-order valence-corrected chi connectivity index (χ3v) is 2.99. The van der Waals surface area contributed by atoms with Gasteiger partial charge >= 0.3 is 5.97 Å². The van der Waals surface area contributed by atoms with Crippen LogP contribution in [0.2, 0.25) is 0 Å². The minimum atomic E-state index is -0.799. The van der Waals surface area contributed by atoms with Crippen molar-refractivity contribution >= 4 is 33.7 Å². The maximum atomic E-state index is 10.9. The van der Waals surface area contributed by atoms with Crippen molar-refractivity contribution in [2.24, 2.45) is 0 Å². The molecule has 5 nitrogen and oxygen atoms in total. The van der Waals surface area contributed by atoms with Gasteiger partial charge in [-0.3, -0.25) is 14.9 Å². The van der Waals surface area contributed by atoms with Crippen molar-refractivity contribution in [3.05, 3.63) is 44.4 Å². The van der Waals surface area contributed by atoms with E-state index in [1.807, 2.05) is 6.08 Å². The van der Waals surface area contributed by atoms with Gasteiger partial charge in [-0.15, -0.1) is 0 Å². The topological polar surface area (TPSA) is 80.4 Å². The third-order valence-electron chi connectivity index (χ3n) is 2.50. The normalized spacial score (nSPS) is 10.8. The highest BCUT2D eigenvalue weighted by molar-refractivity contribution is 9.10. The number of nitro groups is 1. The maximum Gasteiger partial charge on any atom is 0.303 e. The Labute approximate surface area is 119 Å². The molecule has 0 heterocycles. The molecule has 6 heteroatoms. The van der Waals surface area contributed by atoms with E-state index in [2.05, 4.69) is 15.9 Å². The molecule has 0 unspecified atom stereocenters. The highest BCUT2D eigenvalue weighted by Gasteiger charge is 2.11. The SMILES string of the molecule is O=C(O)CCCC/C=C/c1ccc(Br)cc1[N+](=O)[O-]. The minimum absolute atomic E-state index is 0.0520. The van der Waals surface area contributed by atoms with E-state index in [0.29, 0.717) is 22.9 Å². The Kier molecular flexibility index (Phi) is 6.21. The van der Waals surface area contributed by atoms with Crippen LogP contribution in [0.25, 0.3) is 6.08 Å². The van der Waals surface area contributed by atoms with Crippen molar-refractivity contribution in [1.82, 2.24) is 0 Å². The first kappa shape index (κ1) is 15.4. The van der Waals surface area contributed by atoms with Gasteiger partial charge in [0.15, 0.2) is 0 Å². The van der Waals surface area contributed by atoms with E-state index in [-0.39, 0.29) is 12.1 Å². The fourth-order valence-corrected chi connectivity index (χ4v) is 1.91. The number of hydrogen-bond donors (Lipinski definition) is 1. The third kappa shape index (κ3) is 5.65. The van der Waals surface area contributed by atoms with Gasteiger partial charge < -0.3 is 5.11 Å². The number of allylic oxidation sites excluding steroid dienone is 1. The molecule has 0 fully saturated rings. The fourth-order valence-electron chi connectivity index (χ4n) is 1.56. The van der Waals surface area contributed by atoms with Crippen molar-refractivity contribution in [2.45, 2.75) is 25.7 Å². The average molecular weight is 328 g/mol. The van der Waals surface area contributed by atoms with Gasteiger partial charge in [-0.2, -0.15) is 0 Å². The summed E-state index contributed by atoms with van der Waals surface area (Å²) in [5.74, 6) is -0.799. The quantitative estimate of drug-likeness (QED) is 0.466. The number of rotatable bonds is 7. The van der Waals surface area contributed by atoms with E-state index in [4.69, 9.17) is 5.11 Å². The second kappa shape index (κ2) is 7.68. The Hall–Kier alpha value is -1.69. The summed E-state index contributed by atoms with van der Waals surface area (Å²) < 4.78 is 0.665. The van der Waals surface area contributed by atoms with Gasteiger partial charge in [0.25, 0.3) is 5.69 Å². The van der Waals surface area contributed by atoms with Crippen molar-refractivity contribution < 1.29 is 14.8 Å². The Balaban J connectivity index is 2.57. The molecule has 0 amide bonds. The largest absolute Gasteiger partial charge is 0.481 e. The van der Waals surface area contributed by atoms with Crippen LogP contribution in [-0.4, -0.2) is 16.0 Å². The number of hydrogen-bond acceptors (Lipinski definition) is 3. The first-order chi connectivity index (χ1) is 9.00. The van der Waals surface area contributed by atoms with E-state index in [1.54, 1.807) is 18.2 Å². The summed E-state index contributed by atoms with van der Waals surface area (Å²) in [6.07, 6.45) is 5.77. The van der Waals surface area contributed by atoms with E-state index in [9.17, 15) is 14.9 Å². The van der Waals surface area contributed by atoms with E-state index in [0.717, 1.165) is 6.42 Å². The number of nitrogens with zero attached hydrogens (tertiary/aromatic N) is 1. The zero-order chi connectivity index (χ0) is 14.3. The predicted octanol–water partition coefficient (Wildman–Crippen LogP) is 4.02. The van der Waals surface area contributed by atoms with Gasteiger partial charge in [0.1, 0.15) is 0 Å². The molecule has 19 heavy (non-hydrogen) atoms. The first-order valence-corrected chi connectivity index (χ1v) is 6.62. The van der Waals surface area contributed by atoms with Crippen LogP contribution in [0.15, 0.2) is 28.7 Å². The molecule has 0 bridgehead atoms. The number of carboxylic acids is 1. The highest BCUT2D eigenvalue weighted by atomic mass is 79.9. The number of carboxylic acid groups (broad SMARTS) is 1. The monoisotopic (exact) mass is 327 g/mol. The van der Waals surface area contributed by atoms with Crippen LogP contribution < -0.4 is 0 Å². The molecule has 0 aliphatic heterocycles. The van der Waals surface area contributed by atoms with Crippen LogP contribution in [-0.2, 0) is 4.79 Å². The molecule has 1 aromatic carbocycles. The molecule has 0 radical (unpaired) electrons. The maximum absolute atomic E-state index is 10.9. The summed E-state index contributed by atoms with van der Waals surface area (Å²) in [7, 11) is 0. The van der Waals surface area contributed by atoms with Gasteiger partial charge in [0.2, 0.25) is 0 Å². The standard InChI is InChI=1S/C13H14BrNO4/c14-11-8-7-10(12(9-11)15(18)19)5-3-1-2-4-6-13(16)17/h3,5,7-9H,1-2,4,6H2,(H,16,17)/b5-3+. The van der Waals surface area contributed by atoms with E-state index >= 15 is 0 Å². The lowest BCUT2D eigenvalue weighted by atomic mass is 10.1. The molecule has 0 atom stereocenters. The molecule has 0 spiro atoms. The Morgan fingerprint density at radius 1 is 1.42 bits per heavy atom. The molecule has 0 saturated heterocycles. The number of unbranched alkanes of at least 4 members (excludes halogenated alkanes) is 2.